The Hall–Kier alpha value is -1.98. The highest BCUT2D eigenvalue weighted by molar-refractivity contribution is 7.90. The molecule has 0 spiro atoms. The number of benzene rings is 2. The molecule has 0 saturated carbocycles. The molecule has 0 saturated heterocycles. The van der Waals surface area contributed by atoms with Crippen molar-refractivity contribution in [3.63, 3.8) is 0 Å². The van der Waals surface area contributed by atoms with Crippen molar-refractivity contribution in [2.24, 2.45) is 0 Å². The molecule has 0 atom stereocenters. The van der Waals surface area contributed by atoms with Crippen LogP contribution < -0.4 is 0 Å². The predicted octanol–water partition coefficient (Wildman–Crippen LogP) is 5.24. The first-order valence-corrected chi connectivity index (χ1v) is 10.2. The molecule has 124 valence electrons. The van der Waals surface area contributed by atoms with Crippen LogP contribution in [0.25, 0.3) is 22.3 Å². The molecule has 0 aliphatic carbocycles. The molecule has 3 rings (SSSR count). The van der Waals surface area contributed by atoms with E-state index in [0.29, 0.717) is 5.56 Å². The zero-order valence-electron chi connectivity index (χ0n) is 13.6. The maximum Gasteiger partial charge on any atom is 0.178 e. The van der Waals surface area contributed by atoms with Gasteiger partial charge in [0, 0.05) is 17.4 Å². The van der Waals surface area contributed by atoms with E-state index in [1.54, 1.807) is 17.4 Å². The van der Waals surface area contributed by atoms with E-state index in [-0.39, 0.29) is 4.90 Å². The first kappa shape index (κ1) is 16.9. The maximum atomic E-state index is 14.2. The fraction of sp³-hybridized carbons (Fsp3) is 0.158. The highest BCUT2D eigenvalue weighted by Gasteiger charge is 2.16. The van der Waals surface area contributed by atoms with Crippen LogP contribution in [0.3, 0.4) is 0 Å². The van der Waals surface area contributed by atoms with E-state index in [9.17, 15) is 12.8 Å². The van der Waals surface area contributed by atoms with Gasteiger partial charge in [0.25, 0.3) is 0 Å². The molecule has 5 heteroatoms. The summed E-state index contributed by atoms with van der Waals surface area (Å²) < 4.78 is 37.4. The van der Waals surface area contributed by atoms with Gasteiger partial charge in [-0.1, -0.05) is 24.3 Å². The smallest absolute Gasteiger partial charge is 0.178 e. The second-order valence-electron chi connectivity index (χ2n) is 5.92. The molecule has 0 bridgehead atoms. The van der Waals surface area contributed by atoms with Gasteiger partial charge >= 0.3 is 0 Å². The number of rotatable bonds is 3. The van der Waals surface area contributed by atoms with Crippen LogP contribution in [0.15, 0.2) is 52.1 Å². The average Bonchev–Trinajstić information content (AvgIpc) is 2.98. The van der Waals surface area contributed by atoms with E-state index in [1.807, 2.05) is 10.8 Å². The Morgan fingerprint density at radius 2 is 1.46 bits per heavy atom. The van der Waals surface area contributed by atoms with Crippen LogP contribution in [0.5, 0.6) is 0 Å². The Morgan fingerprint density at radius 3 is 2.00 bits per heavy atom. The molecule has 0 unspecified atom stereocenters. The fourth-order valence-corrected chi connectivity index (χ4v) is 4.22. The molecule has 0 aliphatic rings. The molecule has 0 fully saturated rings. The molecule has 2 nitrogen and oxygen atoms in total. The third-order valence-electron chi connectivity index (χ3n) is 4.12. The van der Waals surface area contributed by atoms with Gasteiger partial charge in [-0.05, 0) is 59.0 Å². The standard InChI is InChI=1S/C19H17FO2S2/c1-12-4-5-14(8-13(12)2)16-10-23-11-17(16)15-6-7-19(18(20)9-15)24(3,21)22/h4-11H,1-3H3. The zero-order valence-corrected chi connectivity index (χ0v) is 15.3. The van der Waals surface area contributed by atoms with E-state index < -0.39 is 15.7 Å². The molecular formula is C19H17FO2S2. The van der Waals surface area contributed by atoms with Crippen molar-refractivity contribution in [1.29, 1.82) is 0 Å². The lowest BCUT2D eigenvalue weighted by Gasteiger charge is -2.09. The SMILES string of the molecule is Cc1ccc(-c2cscc2-c2ccc(S(C)(=O)=O)c(F)c2)cc1C. The number of thiophene rings is 1. The largest absolute Gasteiger partial charge is 0.224 e. The van der Waals surface area contributed by atoms with E-state index >= 15 is 0 Å². The summed E-state index contributed by atoms with van der Waals surface area (Å²) in [4.78, 5) is -0.269. The van der Waals surface area contributed by atoms with Crippen molar-refractivity contribution < 1.29 is 12.8 Å². The molecule has 0 aliphatic heterocycles. The first-order chi connectivity index (χ1) is 11.3. The Morgan fingerprint density at radius 1 is 0.875 bits per heavy atom. The lowest BCUT2D eigenvalue weighted by Crippen LogP contribution is -2.00. The minimum absolute atomic E-state index is 0.269. The molecule has 0 amide bonds. The van der Waals surface area contributed by atoms with Gasteiger partial charge in [0.05, 0.1) is 0 Å². The van der Waals surface area contributed by atoms with Crippen molar-refractivity contribution in [3.8, 4) is 22.3 Å². The second kappa shape index (κ2) is 6.15. The highest BCUT2D eigenvalue weighted by atomic mass is 32.2. The minimum Gasteiger partial charge on any atom is -0.224 e. The average molecular weight is 360 g/mol. The van der Waals surface area contributed by atoms with Crippen LogP contribution in [0, 0.1) is 19.7 Å². The van der Waals surface area contributed by atoms with Gasteiger partial charge in [0.1, 0.15) is 10.7 Å². The topological polar surface area (TPSA) is 34.1 Å². The number of aryl methyl sites for hydroxylation is 2. The maximum absolute atomic E-state index is 14.2. The van der Waals surface area contributed by atoms with Gasteiger partial charge in [-0.2, -0.15) is 11.3 Å². The fourth-order valence-electron chi connectivity index (χ4n) is 2.62. The molecule has 24 heavy (non-hydrogen) atoms. The summed E-state index contributed by atoms with van der Waals surface area (Å²) in [5.74, 6) is -0.716. The van der Waals surface area contributed by atoms with Crippen molar-refractivity contribution in [3.05, 3.63) is 64.1 Å². The van der Waals surface area contributed by atoms with Crippen molar-refractivity contribution in [1.82, 2.24) is 0 Å². The highest BCUT2D eigenvalue weighted by Crippen LogP contribution is 2.36. The second-order valence-corrected chi connectivity index (χ2v) is 8.64. The lowest BCUT2D eigenvalue weighted by atomic mass is 9.96. The molecule has 2 aromatic carbocycles. The molecule has 0 radical (unpaired) electrons. The van der Waals surface area contributed by atoms with Crippen LogP contribution in [0.1, 0.15) is 11.1 Å². The van der Waals surface area contributed by atoms with E-state index in [4.69, 9.17) is 0 Å². The normalized spacial score (nSPS) is 11.7. The van der Waals surface area contributed by atoms with Gasteiger partial charge in [-0.25, -0.2) is 12.8 Å². The van der Waals surface area contributed by atoms with Crippen LogP contribution in [-0.2, 0) is 9.84 Å². The quantitative estimate of drug-likeness (QED) is 0.640. The Kier molecular flexibility index (Phi) is 4.32. The Bertz CT molecular complexity index is 1020. The van der Waals surface area contributed by atoms with Crippen molar-refractivity contribution >= 4 is 21.2 Å². The van der Waals surface area contributed by atoms with Gasteiger partial charge < -0.3 is 0 Å². The summed E-state index contributed by atoms with van der Waals surface area (Å²) in [6, 6.07) is 10.5. The van der Waals surface area contributed by atoms with Gasteiger partial charge in [-0.3, -0.25) is 0 Å². The minimum atomic E-state index is -3.56. The van der Waals surface area contributed by atoms with Crippen LogP contribution in [0.2, 0.25) is 0 Å². The van der Waals surface area contributed by atoms with Crippen molar-refractivity contribution in [2.75, 3.05) is 6.26 Å². The molecule has 1 aromatic heterocycles. The Balaban J connectivity index is 2.11. The lowest BCUT2D eigenvalue weighted by molar-refractivity contribution is 0.571. The van der Waals surface area contributed by atoms with Crippen LogP contribution >= 0.6 is 11.3 Å². The summed E-state index contributed by atoms with van der Waals surface area (Å²) in [6.45, 7) is 4.12. The number of hydrogen-bond acceptors (Lipinski definition) is 3. The van der Waals surface area contributed by atoms with E-state index in [0.717, 1.165) is 22.9 Å². The molecule has 3 aromatic rings. The molecular weight excluding hydrogens is 343 g/mol. The summed E-state index contributed by atoms with van der Waals surface area (Å²) in [5, 5.41) is 3.99. The monoisotopic (exact) mass is 360 g/mol. The third kappa shape index (κ3) is 3.14. The summed E-state index contributed by atoms with van der Waals surface area (Å²) in [6.07, 6.45) is 1.01. The number of halogens is 1. The van der Waals surface area contributed by atoms with Gasteiger partial charge in [0.15, 0.2) is 9.84 Å². The summed E-state index contributed by atoms with van der Waals surface area (Å²) in [7, 11) is -3.56. The van der Waals surface area contributed by atoms with Crippen LogP contribution in [0.4, 0.5) is 4.39 Å². The van der Waals surface area contributed by atoms with Crippen molar-refractivity contribution in [2.45, 2.75) is 18.7 Å². The number of hydrogen-bond donors (Lipinski definition) is 0. The van der Waals surface area contributed by atoms with E-state index in [1.165, 1.54) is 23.3 Å². The van der Waals surface area contributed by atoms with Crippen LogP contribution in [-0.4, -0.2) is 14.7 Å². The zero-order chi connectivity index (χ0) is 17.5. The van der Waals surface area contributed by atoms with Gasteiger partial charge in [0.2, 0.25) is 0 Å². The molecule has 1 heterocycles. The molecule has 0 N–H and O–H groups in total. The van der Waals surface area contributed by atoms with Gasteiger partial charge in [-0.15, -0.1) is 0 Å². The van der Waals surface area contributed by atoms with E-state index in [2.05, 4.69) is 32.0 Å². The summed E-state index contributed by atoms with van der Waals surface area (Å²) in [5.41, 5.74) is 6.09. The number of sulfone groups is 1. The predicted molar refractivity (Wildman–Crippen MR) is 97.7 cm³/mol. The summed E-state index contributed by atoms with van der Waals surface area (Å²) >= 11 is 1.54. The first-order valence-electron chi connectivity index (χ1n) is 7.41. The third-order valence-corrected chi connectivity index (χ3v) is 6.00. The Labute approximate surface area is 145 Å².